The smallest absolute Gasteiger partial charge is 0.309 e. The summed E-state index contributed by atoms with van der Waals surface area (Å²) in [5.74, 6) is -0.887. The fraction of sp³-hybridized carbons (Fsp3) is 0.136. The fourth-order valence-corrected chi connectivity index (χ4v) is 3.59. The molecular formula is C22H20N2O4S. The lowest BCUT2D eigenvalue weighted by Gasteiger charge is -2.09. The van der Waals surface area contributed by atoms with E-state index in [1.807, 2.05) is 36.4 Å². The third kappa shape index (κ3) is 5.30. The van der Waals surface area contributed by atoms with Crippen LogP contribution in [0.15, 0.2) is 66.7 Å². The Bertz CT molecular complexity index is 1010. The van der Waals surface area contributed by atoms with Crippen molar-refractivity contribution in [3.63, 3.8) is 0 Å². The number of ether oxygens (including phenoxy) is 1. The number of carbonyl (C=O) groups is 3. The molecule has 3 aromatic rings. The summed E-state index contributed by atoms with van der Waals surface area (Å²) in [5, 5.41) is 5.15. The van der Waals surface area contributed by atoms with Crippen molar-refractivity contribution in [1.82, 2.24) is 10.6 Å². The number of methoxy groups -OCH3 is 1. The van der Waals surface area contributed by atoms with Gasteiger partial charge < -0.3 is 15.4 Å². The molecule has 0 bridgehead atoms. The minimum Gasteiger partial charge on any atom is -0.496 e. The summed E-state index contributed by atoms with van der Waals surface area (Å²) in [4.78, 5) is 37.9. The van der Waals surface area contributed by atoms with Crippen LogP contribution < -0.4 is 15.4 Å². The summed E-state index contributed by atoms with van der Waals surface area (Å²) in [6.45, 7) is 0.360. The van der Waals surface area contributed by atoms with Crippen LogP contribution in [0, 0.1) is 0 Å². The molecular weight excluding hydrogens is 388 g/mol. The van der Waals surface area contributed by atoms with Gasteiger partial charge in [0.2, 0.25) is 5.78 Å². The zero-order valence-electron chi connectivity index (χ0n) is 15.8. The lowest BCUT2D eigenvalue weighted by atomic mass is 10.1. The summed E-state index contributed by atoms with van der Waals surface area (Å²) in [7, 11) is 1.55. The second-order valence-corrected chi connectivity index (χ2v) is 7.31. The first-order valence-electron chi connectivity index (χ1n) is 8.95. The van der Waals surface area contributed by atoms with E-state index in [1.54, 1.807) is 37.4 Å². The van der Waals surface area contributed by atoms with E-state index in [1.165, 1.54) is 11.3 Å². The van der Waals surface area contributed by atoms with Gasteiger partial charge in [0, 0.05) is 22.5 Å². The van der Waals surface area contributed by atoms with Crippen molar-refractivity contribution in [2.75, 3.05) is 7.11 Å². The van der Waals surface area contributed by atoms with Gasteiger partial charge in [0.1, 0.15) is 5.75 Å². The van der Waals surface area contributed by atoms with E-state index in [0.29, 0.717) is 16.2 Å². The summed E-state index contributed by atoms with van der Waals surface area (Å²) < 4.78 is 5.22. The van der Waals surface area contributed by atoms with Crippen molar-refractivity contribution in [2.24, 2.45) is 0 Å². The van der Waals surface area contributed by atoms with Crippen LogP contribution in [0.2, 0.25) is 0 Å². The van der Waals surface area contributed by atoms with Crippen LogP contribution in [0.1, 0.15) is 25.7 Å². The second kappa shape index (κ2) is 9.66. The van der Waals surface area contributed by atoms with Gasteiger partial charge in [0.15, 0.2) is 0 Å². The number of nitrogens with one attached hydrogen (secondary N) is 2. The van der Waals surface area contributed by atoms with Gasteiger partial charge in [-0.1, -0.05) is 48.5 Å². The highest BCUT2D eigenvalue weighted by Gasteiger charge is 2.15. The van der Waals surface area contributed by atoms with Crippen LogP contribution in [0.4, 0.5) is 0 Å². The Morgan fingerprint density at radius 3 is 2.21 bits per heavy atom. The maximum atomic E-state index is 12.4. The molecule has 2 amide bonds. The molecule has 0 fully saturated rings. The van der Waals surface area contributed by atoms with Gasteiger partial charge in [0.25, 0.3) is 0 Å². The molecule has 0 unspecified atom stereocenters. The molecule has 0 saturated carbocycles. The minimum absolute atomic E-state index is 0.0669. The summed E-state index contributed by atoms with van der Waals surface area (Å²) >= 11 is 1.29. The predicted molar refractivity (Wildman–Crippen MR) is 111 cm³/mol. The zero-order valence-corrected chi connectivity index (χ0v) is 16.6. The van der Waals surface area contributed by atoms with E-state index in [0.717, 1.165) is 10.4 Å². The van der Waals surface area contributed by atoms with Gasteiger partial charge >= 0.3 is 11.8 Å². The summed E-state index contributed by atoms with van der Waals surface area (Å²) in [6, 6.07) is 19.7. The average Bonchev–Trinajstić information content (AvgIpc) is 3.25. The summed E-state index contributed by atoms with van der Waals surface area (Å²) in [5.41, 5.74) is 1.39. The van der Waals surface area contributed by atoms with Gasteiger partial charge in [-0.05, 0) is 18.2 Å². The molecule has 0 aliphatic heterocycles. The number of amides is 2. The van der Waals surface area contributed by atoms with Crippen molar-refractivity contribution in [3.8, 4) is 5.75 Å². The number of benzene rings is 2. The number of hydrogen-bond acceptors (Lipinski definition) is 5. The van der Waals surface area contributed by atoms with Crippen LogP contribution in [0.25, 0.3) is 0 Å². The molecule has 0 saturated heterocycles. The van der Waals surface area contributed by atoms with Crippen molar-refractivity contribution in [3.05, 3.63) is 87.6 Å². The highest BCUT2D eigenvalue weighted by Crippen LogP contribution is 2.20. The van der Waals surface area contributed by atoms with Crippen LogP contribution in [-0.2, 0) is 22.7 Å². The predicted octanol–water partition coefficient (Wildman–Crippen LogP) is 2.92. The van der Waals surface area contributed by atoms with Crippen LogP contribution >= 0.6 is 11.3 Å². The van der Waals surface area contributed by atoms with Gasteiger partial charge in [0.05, 0.1) is 18.5 Å². The first kappa shape index (κ1) is 20.3. The molecule has 0 radical (unpaired) electrons. The van der Waals surface area contributed by atoms with Crippen molar-refractivity contribution in [2.45, 2.75) is 13.1 Å². The molecule has 0 aliphatic rings. The first-order valence-corrected chi connectivity index (χ1v) is 9.76. The lowest BCUT2D eigenvalue weighted by molar-refractivity contribution is -0.139. The van der Waals surface area contributed by atoms with Crippen LogP contribution in [0.3, 0.4) is 0 Å². The third-order valence-corrected chi connectivity index (χ3v) is 5.27. The topological polar surface area (TPSA) is 84.5 Å². The molecule has 1 heterocycles. The van der Waals surface area contributed by atoms with Gasteiger partial charge in [-0.25, -0.2) is 0 Å². The normalized spacial score (nSPS) is 10.2. The molecule has 2 aromatic carbocycles. The Hall–Kier alpha value is -3.45. The lowest BCUT2D eigenvalue weighted by Crippen LogP contribution is -2.39. The molecule has 148 valence electrons. The van der Waals surface area contributed by atoms with E-state index in [-0.39, 0.29) is 18.9 Å². The van der Waals surface area contributed by atoms with Crippen molar-refractivity contribution < 1.29 is 19.1 Å². The number of ketones is 1. The van der Waals surface area contributed by atoms with Gasteiger partial charge in [-0.3, -0.25) is 14.4 Å². The standard InChI is InChI=1S/C22H20N2O4S/c1-28-18-10-6-5-9-16(18)13-23-21(26)22(27)24-14-17-11-12-19(29-17)20(25)15-7-3-2-4-8-15/h2-12H,13-14H2,1H3,(H,23,26)(H,24,27). The molecule has 0 aliphatic carbocycles. The molecule has 6 nitrogen and oxygen atoms in total. The number of hydrogen-bond donors (Lipinski definition) is 2. The molecule has 0 atom stereocenters. The Balaban J connectivity index is 1.51. The molecule has 29 heavy (non-hydrogen) atoms. The van der Waals surface area contributed by atoms with Crippen molar-refractivity contribution in [1.29, 1.82) is 0 Å². The highest BCUT2D eigenvalue weighted by molar-refractivity contribution is 7.14. The van der Waals surface area contributed by atoms with E-state index in [9.17, 15) is 14.4 Å². The van der Waals surface area contributed by atoms with Gasteiger partial charge in [-0.2, -0.15) is 0 Å². The zero-order chi connectivity index (χ0) is 20.6. The molecule has 2 N–H and O–H groups in total. The van der Waals surface area contributed by atoms with E-state index < -0.39 is 11.8 Å². The maximum Gasteiger partial charge on any atom is 0.309 e. The largest absolute Gasteiger partial charge is 0.496 e. The quantitative estimate of drug-likeness (QED) is 0.465. The fourth-order valence-electron chi connectivity index (χ4n) is 2.68. The van der Waals surface area contributed by atoms with Crippen molar-refractivity contribution >= 4 is 28.9 Å². The average molecular weight is 408 g/mol. The van der Waals surface area contributed by atoms with Crippen LogP contribution in [-0.4, -0.2) is 24.7 Å². The van der Waals surface area contributed by atoms with Crippen LogP contribution in [0.5, 0.6) is 5.75 Å². The Kier molecular flexibility index (Phi) is 6.76. The minimum atomic E-state index is -0.732. The van der Waals surface area contributed by atoms with Gasteiger partial charge in [-0.15, -0.1) is 11.3 Å². The number of para-hydroxylation sites is 1. The highest BCUT2D eigenvalue weighted by atomic mass is 32.1. The number of carbonyl (C=O) groups excluding carboxylic acids is 3. The third-order valence-electron chi connectivity index (χ3n) is 4.18. The maximum absolute atomic E-state index is 12.4. The van der Waals surface area contributed by atoms with E-state index in [2.05, 4.69) is 10.6 Å². The second-order valence-electron chi connectivity index (χ2n) is 6.14. The Morgan fingerprint density at radius 2 is 1.48 bits per heavy atom. The Labute approximate surface area is 172 Å². The Morgan fingerprint density at radius 1 is 0.828 bits per heavy atom. The molecule has 7 heteroatoms. The number of thiophene rings is 1. The molecule has 1 aromatic heterocycles. The number of rotatable bonds is 7. The molecule has 3 rings (SSSR count). The first-order chi connectivity index (χ1) is 14.1. The van der Waals surface area contributed by atoms with E-state index >= 15 is 0 Å². The summed E-state index contributed by atoms with van der Waals surface area (Å²) in [6.07, 6.45) is 0. The molecule has 0 spiro atoms. The SMILES string of the molecule is COc1ccccc1CNC(=O)C(=O)NCc1ccc(C(=O)c2ccccc2)s1. The van der Waals surface area contributed by atoms with E-state index in [4.69, 9.17) is 4.74 Å². The monoisotopic (exact) mass is 408 g/mol.